The number of nitrogens with zero attached hydrogens (tertiary/aromatic N) is 1. The summed E-state index contributed by atoms with van der Waals surface area (Å²) in [6, 6.07) is 0. The van der Waals surface area contributed by atoms with Crippen molar-refractivity contribution in [1.29, 1.82) is 0 Å². The Labute approximate surface area is 256 Å². The number of hydrogen-bond acceptors (Lipinski definition) is 14. The van der Waals surface area contributed by atoms with Crippen LogP contribution < -0.4 is 0 Å². The van der Waals surface area contributed by atoms with E-state index in [2.05, 4.69) is 19.7 Å². The van der Waals surface area contributed by atoms with Gasteiger partial charge in [-0.25, -0.2) is 14.4 Å². The fraction of sp³-hybridized carbons (Fsp3) is 0.586. The molecule has 0 saturated carbocycles. The normalized spacial score (nSPS) is 11.1. The number of ether oxygens (including phenoxy) is 6. The minimum Gasteiger partial charge on any atom is -0.462 e. The van der Waals surface area contributed by atoms with Crippen molar-refractivity contribution in [2.24, 2.45) is 5.92 Å². The highest BCUT2D eigenvalue weighted by Crippen LogP contribution is 2.11. The van der Waals surface area contributed by atoms with Crippen molar-refractivity contribution in [2.45, 2.75) is 33.6 Å². The Morgan fingerprint density at radius 1 is 0.698 bits per heavy atom. The summed E-state index contributed by atoms with van der Waals surface area (Å²) in [5.41, 5.74) is 0.480. The van der Waals surface area contributed by atoms with E-state index >= 15 is 0 Å². The molecular formula is C29H43NO12S. The predicted molar refractivity (Wildman–Crippen MR) is 158 cm³/mol. The van der Waals surface area contributed by atoms with E-state index in [1.807, 2.05) is 4.90 Å². The van der Waals surface area contributed by atoms with Gasteiger partial charge in [-0.3, -0.25) is 14.4 Å². The summed E-state index contributed by atoms with van der Waals surface area (Å²) < 4.78 is 29.8. The van der Waals surface area contributed by atoms with Crippen molar-refractivity contribution >= 4 is 47.6 Å². The lowest BCUT2D eigenvalue weighted by atomic mass is 10.2. The van der Waals surface area contributed by atoms with Crippen molar-refractivity contribution in [3.05, 3.63) is 37.0 Å². The summed E-state index contributed by atoms with van der Waals surface area (Å²) >= 11 is 1.49. The SMILES string of the molecule is C=CC(=O)OCCOC(=O)C(C)CSCCN(CCC(=O)OCCOC(=O)C(=C)C)CCC(=O)OCCOC(=O)C(=C)C. The highest BCUT2D eigenvalue weighted by Gasteiger charge is 2.17. The molecule has 0 aromatic heterocycles. The first-order chi connectivity index (χ1) is 20.4. The van der Waals surface area contributed by atoms with Gasteiger partial charge in [0, 0.05) is 48.4 Å². The van der Waals surface area contributed by atoms with Crippen LogP contribution in [0.15, 0.2) is 37.0 Å². The van der Waals surface area contributed by atoms with Crippen molar-refractivity contribution in [2.75, 3.05) is 70.8 Å². The van der Waals surface area contributed by atoms with Gasteiger partial charge in [-0.15, -0.1) is 0 Å². The maximum Gasteiger partial charge on any atom is 0.333 e. The summed E-state index contributed by atoms with van der Waals surface area (Å²) in [5, 5.41) is 0. The van der Waals surface area contributed by atoms with Crippen LogP contribution in [0.1, 0.15) is 33.6 Å². The van der Waals surface area contributed by atoms with E-state index in [0.29, 0.717) is 18.1 Å². The molecule has 0 saturated heterocycles. The zero-order valence-electron chi connectivity index (χ0n) is 25.2. The zero-order valence-corrected chi connectivity index (χ0v) is 26.0. The monoisotopic (exact) mass is 629 g/mol. The van der Waals surface area contributed by atoms with Crippen LogP contribution >= 0.6 is 11.8 Å². The lowest BCUT2D eigenvalue weighted by Gasteiger charge is -2.21. The Bertz CT molecular complexity index is 931. The molecule has 0 fully saturated rings. The van der Waals surface area contributed by atoms with Crippen molar-refractivity contribution in [3.63, 3.8) is 0 Å². The molecule has 0 heterocycles. The molecule has 1 atom stereocenters. The molecule has 0 aliphatic rings. The molecule has 0 N–H and O–H groups in total. The fourth-order valence-corrected chi connectivity index (χ4v) is 3.86. The number of carbonyl (C=O) groups is 6. The molecule has 0 bridgehead atoms. The molecule has 0 aliphatic heterocycles. The van der Waals surface area contributed by atoms with Crippen LogP contribution in [0.2, 0.25) is 0 Å². The average molecular weight is 630 g/mol. The number of carbonyl (C=O) groups excluding carboxylic acids is 6. The first kappa shape index (κ1) is 39.4. The third-order valence-corrected chi connectivity index (χ3v) is 6.39. The molecule has 1 unspecified atom stereocenters. The predicted octanol–water partition coefficient (Wildman–Crippen LogP) is 2.04. The lowest BCUT2D eigenvalue weighted by Crippen LogP contribution is -2.32. The molecule has 0 rings (SSSR count). The summed E-state index contributed by atoms with van der Waals surface area (Å²) in [5.74, 6) is -2.51. The largest absolute Gasteiger partial charge is 0.462 e. The van der Waals surface area contributed by atoms with E-state index in [0.717, 1.165) is 6.08 Å². The topological polar surface area (TPSA) is 161 Å². The van der Waals surface area contributed by atoms with E-state index in [4.69, 9.17) is 28.4 Å². The van der Waals surface area contributed by atoms with E-state index in [1.54, 1.807) is 6.92 Å². The molecule has 0 amide bonds. The number of thioether (sulfide) groups is 1. The second-order valence-electron chi connectivity index (χ2n) is 9.13. The summed E-state index contributed by atoms with van der Waals surface area (Å²) in [6.45, 7) is 15.5. The van der Waals surface area contributed by atoms with Gasteiger partial charge in [0.2, 0.25) is 0 Å². The molecule has 0 aliphatic carbocycles. The number of rotatable bonds is 24. The van der Waals surface area contributed by atoms with Gasteiger partial charge in [0.25, 0.3) is 0 Å². The van der Waals surface area contributed by atoms with Gasteiger partial charge < -0.3 is 33.3 Å². The van der Waals surface area contributed by atoms with Gasteiger partial charge in [0.15, 0.2) is 0 Å². The molecule has 0 aromatic carbocycles. The lowest BCUT2D eigenvalue weighted by molar-refractivity contribution is -0.152. The standard InChI is InChI=1S/C29H43NO12S/c1-7-24(31)37-13-18-42-29(36)23(6)20-43-19-12-30(10-8-25(32)38-14-16-40-27(34)21(2)3)11-9-26(33)39-15-17-41-28(35)22(4)5/h7,23H,1-2,4,8-20H2,3,5-6H3. The first-order valence-corrected chi connectivity index (χ1v) is 14.7. The molecule has 0 spiro atoms. The highest BCUT2D eigenvalue weighted by molar-refractivity contribution is 7.99. The number of hydrogen-bond donors (Lipinski definition) is 0. The molecule has 14 heteroatoms. The molecule has 242 valence electrons. The quantitative estimate of drug-likeness (QED) is 0.0660. The van der Waals surface area contributed by atoms with Crippen LogP contribution in [0.25, 0.3) is 0 Å². The molecule has 0 aromatic rings. The zero-order chi connectivity index (χ0) is 32.6. The van der Waals surface area contributed by atoms with Crippen LogP contribution in [0, 0.1) is 5.92 Å². The second-order valence-corrected chi connectivity index (χ2v) is 10.3. The van der Waals surface area contributed by atoms with Gasteiger partial charge >= 0.3 is 35.8 Å². The van der Waals surface area contributed by atoms with Crippen LogP contribution in [-0.4, -0.2) is 111 Å². The average Bonchev–Trinajstić information content (AvgIpc) is 2.97. The Balaban J connectivity index is 4.62. The van der Waals surface area contributed by atoms with Crippen molar-refractivity contribution < 1.29 is 57.2 Å². The Morgan fingerprint density at radius 3 is 1.60 bits per heavy atom. The summed E-state index contributed by atoms with van der Waals surface area (Å²) in [7, 11) is 0. The Hall–Kier alpha value is -3.65. The van der Waals surface area contributed by atoms with E-state index in [-0.39, 0.29) is 76.7 Å². The third-order valence-electron chi connectivity index (χ3n) is 5.18. The third kappa shape index (κ3) is 21.7. The van der Waals surface area contributed by atoms with Crippen molar-refractivity contribution in [3.8, 4) is 0 Å². The first-order valence-electron chi connectivity index (χ1n) is 13.6. The van der Waals surface area contributed by atoms with Gasteiger partial charge in [-0.05, 0) is 13.8 Å². The summed E-state index contributed by atoms with van der Waals surface area (Å²) in [6.07, 6.45) is 1.08. The van der Waals surface area contributed by atoms with Gasteiger partial charge in [0.1, 0.15) is 39.6 Å². The maximum atomic E-state index is 12.2. The van der Waals surface area contributed by atoms with Gasteiger partial charge in [0.05, 0.1) is 18.8 Å². The maximum absolute atomic E-state index is 12.2. The second kappa shape index (κ2) is 23.9. The van der Waals surface area contributed by atoms with Crippen LogP contribution in [0.4, 0.5) is 0 Å². The molecule has 13 nitrogen and oxygen atoms in total. The van der Waals surface area contributed by atoms with Crippen LogP contribution in [0.3, 0.4) is 0 Å². The van der Waals surface area contributed by atoms with Crippen molar-refractivity contribution in [1.82, 2.24) is 4.90 Å². The minimum atomic E-state index is -0.598. The smallest absolute Gasteiger partial charge is 0.333 e. The fourth-order valence-electron chi connectivity index (χ4n) is 2.81. The molecular weight excluding hydrogens is 586 g/mol. The van der Waals surface area contributed by atoms with E-state index < -0.39 is 41.7 Å². The van der Waals surface area contributed by atoms with E-state index in [1.165, 1.54) is 25.6 Å². The number of esters is 6. The minimum absolute atomic E-state index is 0.0319. The Morgan fingerprint density at radius 2 is 1.14 bits per heavy atom. The Kier molecular flexibility index (Phi) is 21.8. The van der Waals surface area contributed by atoms with Gasteiger partial charge in [-0.1, -0.05) is 26.7 Å². The molecule has 43 heavy (non-hydrogen) atoms. The molecule has 0 radical (unpaired) electrons. The van der Waals surface area contributed by atoms with Crippen LogP contribution in [0.5, 0.6) is 0 Å². The van der Waals surface area contributed by atoms with E-state index in [9.17, 15) is 28.8 Å². The van der Waals surface area contributed by atoms with Crippen LogP contribution in [-0.2, 0) is 57.2 Å². The highest BCUT2D eigenvalue weighted by atomic mass is 32.2. The summed E-state index contributed by atoms with van der Waals surface area (Å²) in [4.78, 5) is 72.1. The van der Waals surface area contributed by atoms with Gasteiger partial charge in [-0.2, -0.15) is 11.8 Å².